The average molecular weight is 511 g/mol. The lowest BCUT2D eigenvalue weighted by Gasteiger charge is -2.37. The molecule has 4 aromatic rings. The van der Waals surface area contributed by atoms with Crippen LogP contribution in [-0.2, 0) is 4.79 Å². The zero-order valence-corrected chi connectivity index (χ0v) is 20.3. The summed E-state index contributed by atoms with van der Waals surface area (Å²) in [6.07, 6.45) is 3.10. The molecule has 0 fully saturated rings. The van der Waals surface area contributed by atoms with Crippen molar-refractivity contribution >= 4 is 38.3 Å². The van der Waals surface area contributed by atoms with Crippen molar-refractivity contribution in [1.82, 2.24) is 4.98 Å². The maximum atomic E-state index is 13.9. The van der Waals surface area contributed by atoms with Gasteiger partial charge in [-0.1, -0.05) is 52.3 Å². The molecule has 5 heteroatoms. The van der Waals surface area contributed by atoms with Crippen LogP contribution < -0.4 is 10.1 Å². The summed E-state index contributed by atoms with van der Waals surface area (Å²) in [4.78, 5) is 18.4. The summed E-state index contributed by atoms with van der Waals surface area (Å²) in [7, 11) is 1.68. The number of nitrogens with zero attached hydrogens (tertiary/aromatic N) is 1. The highest BCUT2D eigenvalue weighted by Crippen LogP contribution is 2.51. The molecule has 168 valence electrons. The fourth-order valence-electron chi connectivity index (χ4n) is 5.49. The van der Waals surface area contributed by atoms with E-state index in [0.717, 1.165) is 55.6 Å². The summed E-state index contributed by atoms with van der Waals surface area (Å²) in [5, 5.41) is 4.70. The number of pyridine rings is 1. The van der Waals surface area contributed by atoms with Gasteiger partial charge in [0.25, 0.3) is 0 Å². The summed E-state index contributed by atoms with van der Waals surface area (Å²) in [6.45, 7) is 0. The number of allylic oxidation sites excluding steroid dienone is 2. The molecule has 0 amide bonds. The van der Waals surface area contributed by atoms with Crippen LogP contribution in [0.4, 0.5) is 5.69 Å². The van der Waals surface area contributed by atoms with Gasteiger partial charge < -0.3 is 10.1 Å². The summed E-state index contributed by atoms with van der Waals surface area (Å²) < 4.78 is 6.75. The number of fused-ring (bicyclic) bond motifs is 3. The maximum absolute atomic E-state index is 13.9. The number of hydrogen-bond donors (Lipinski definition) is 1. The highest BCUT2D eigenvalue weighted by Gasteiger charge is 2.40. The number of carbonyl (C=O) groups excluding carboxylic acids is 1. The number of benzene rings is 3. The quantitative estimate of drug-likeness (QED) is 0.323. The van der Waals surface area contributed by atoms with Crippen LogP contribution in [0.5, 0.6) is 5.75 Å². The van der Waals surface area contributed by atoms with Crippen molar-refractivity contribution in [1.29, 1.82) is 0 Å². The molecule has 2 heterocycles. The smallest absolute Gasteiger partial charge is 0.162 e. The van der Waals surface area contributed by atoms with E-state index in [9.17, 15) is 4.79 Å². The van der Waals surface area contributed by atoms with Crippen molar-refractivity contribution in [2.75, 3.05) is 12.4 Å². The average Bonchev–Trinajstić information content (AvgIpc) is 2.87. The molecule has 3 aromatic carbocycles. The van der Waals surface area contributed by atoms with Crippen LogP contribution in [0.25, 0.3) is 10.9 Å². The second-order valence-corrected chi connectivity index (χ2v) is 9.79. The highest BCUT2D eigenvalue weighted by atomic mass is 79.9. The van der Waals surface area contributed by atoms with E-state index >= 15 is 0 Å². The monoisotopic (exact) mass is 510 g/mol. The molecule has 2 atom stereocenters. The van der Waals surface area contributed by atoms with E-state index in [1.165, 1.54) is 5.56 Å². The predicted octanol–water partition coefficient (Wildman–Crippen LogP) is 6.96. The van der Waals surface area contributed by atoms with E-state index in [0.29, 0.717) is 6.42 Å². The Morgan fingerprint density at radius 2 is 1.85 bits per heavy atom. The van der Waals surface area contributed by atoms with Gasteiger partial charge >= 0.3 is 0 Å². The lowest BCUT2D eigenvalue weighted by Crippen LogP contribution is -2.30. The molecule has 0 radical (unpaired) electrons. The number of aromatic nitrogens is 1. The van der Waals surface area contributed by atoms with Gasteiger partial charge in [0.05, 0.1) is 12.6 Å². The third-order valence-corrected chi connectivity index (χ3v) is 7.46. The number of methoxy groups -OCH3 is 1. The molecular formula is C29H23BrN2O2. The number of anilines is 1. The van der Waals surface area contributed by atoms with Gasteiger partial charge in [-0.2, -0.15) is 0 Å². The van der Waals surface area contributed by atoms with Gasteiger partial charge in [0, 0.05) is 50.9 Å². The fraction of sp³-hybridized carbons (Fsp3) is 0.172. The first-order valence-electron chi connectivity index (χ1n) is 11.4. The summed E-state index contributed by atoms with van der Waals surface area (Å²) >= 11 is 3.64. The van der Waals surface area contributed by atoms with Gasteiger partial charge in [-0.05, 0) is 59.9 Å². The van der Waals surface area contributed by atoms with Crippen molar-refractivity contribution in [3.63, 3.8) is 0 Å². The van der Waals surface area contributed by atoms with E-state index < -0.39 is 0 Å². The maximum Gasteiger partial charge on any atom is 0.162 e. The number of halogens is 1. The Balaban J connectivity index is 1.60. The Labute approximate surface area is 206 Å². The van der Waals surface area contributed by atoms with E-state index in [-0.39, 0.29) is 17.6 Å². The first-order valence-corrected chi connectivity index (χ1v) is 12.2. The SMILES string of the molecule is COc1ccc(Br)cc1[C@@H]1C2=C(C[C@@H](c3ccccc3)CC2=O)Nc2ccc3ncccc3c21. The standard InChI is InChI=1S/C29H23BrN2O2/c1-34-26-12-9-19(30)16-21(26)28-27-20-8-5-13-31-22(20)10-11-23(27)32-24-14-18(15-25(33)29(24)28)17-6-3-2-4-7-17/h2-13,16,18,28,32H,14-15H2,1H3/t18-,28+/m1/s1. The van der Waals surface area contributed by atoms with Crippen molar-refractivity contribution in [3.05, 3.63) is 111 Å². The Morgan fingerprint density at radius 1 is 1.00 bits per heavy atom. The molecule has 1 aliphatic heterocycles. The van der Waals surface area contributed by atoms with Gasteiger partial charge in [-0.25, -0.2) is 0 Å². The normalized spacial score (nSPS) is 19.4. The van der Waals surface area contributed by atoms with Crippen LogP contribution in [0.1, 0.15) is 41.4 Å². The molecule has 1 N–H and O–H groups in total. The van der Waals surface area contributed by atoms with Crippen molar-refractivity contribution in [2.24, 2.45) is 0 Å². The van der Waals surface area contributed by atoms with E-state index in [1.54, 1.807) is 13.3 Å². The molecular weight excluding hydrogens is 488 g/mol. The molecule has 1 aromatic heterocycles. The molecule has 34 heavy (non-hydrogen) atoms. The minimum absolute atomic E-state index is 0.161. The second kappa shape index (κ2) is 8.41. The van der Waals surface area contributed by atoms with Gasteiger partial charge in [0.1, 0.15) is 5.75 Å². The zero-order valence-electron chi connectivity index (χ0n) is 18.7. The molecule has 0 unspecified atom stereocenters. The summed E-state index contributed by atoms with van der Waals surface area (Å²) in [5.74, 6) is 0.873. The van der Waals surface area contributed by atoms with Crippen molar-refractivity contribution in [3.8, 4) is 5.75 Å². The largest absolute Gasteiger partial charge is 0.496 e. The Kier molecular flexibility index (Phi) is 5.22. The van der Waals surface area contributed by atoms with Gasteiger partial charge in [0.15, 0.2) is 5.78 Å². The van der Waals surface area contributed by atoms with E-state index in [1.807, 2.05) is 42.5 Å². The lowest BCUT2D eigenvalue weighted by molar-refractivity contribution is -0.116. The molecule has 1 aliphatic carbocycles. The van der Waals surface area contributed by atoms with Gasteiger partial charge in [-0.15, -0.1) is 0 Å². The molecule has 0 saturated carbocycles. The Bertz CT molecular complexity index is 1460. The second-order valence-electron chi connectivity index (χ2n) is 8.87. The third-order valence-electron chi connectivity index (χ3n) is 6.97. The first-order chi connectivity index (χ1) is 16.6. The van der Waals surface area contributed by atoms with Crippen molar-refractivity contribution < 1.29 is 9.53 Å². The van der Waals surface area contributed by atoms with Crippen LogP contribution in [-0.4, -0.2) is 17.9 Å². The van der Waals surface area contributed by atoms with E-state index in [4.69, 9.17) is 4.74 Å². The van der Waals surface area contributed by atoms with Crippen LogP contribution >= 0.6 is 15.9 Å². The lowest BCUT2D eigenvalue weighted by atomic mass is 9.71. The number of Topliss-reactive ketones (excluding diaryl/α,β-unsaturated/α-hetero) is 1. The van der Waals surface area contributed by atoms with Crippen LogP contribution in [0.3, 0.4) is 0 Å². The number of nitrogens with one attached hydrogen (secondary N) is 1. The number of carbonyl (C=O) groups is 1. The Hall–Kier alpha value is -3.44. The molecule has 4 nitrogen and oxygen atoms in total. The minimum Gasteiger partial charge on any atom is -0.496 e. The van der Waals surface area contributed by atoms with Gasteiger partial charge in [-0.3, -0.25) is 9.78 Å². The third kappa shape index (κ3) is 3.43. The number of ketones is 1. The number of rotatable bonds is 3. The van der Waals surface area contributed by atoms with E-state index in [2.05, 4.69) is 56.6 Å². The first kappa shape index (κ1) is 21.1. The fourth-order valence-corrected chi connectivity index (χ4v) is 5.87. The van der Waals surface area contributed by atoms with Crippen LogP contribution in [0, 0.1) is 0 Å². The van der Waals surface area contributed by atoms with Crippen molar-refractivity contribution in [2.45, 2.75) is 24.7 Å². The number of ether oxygens (including phenoxy) is 1. The highest BCUT2D eigenvalue weighted by molar-refractivity contribution is 9.10. The molecule has 0 spiro atoms. The Morgan fingerprint density at radius 3 is 2.68 bits per heavy atom. The summed E-state index contributed by atoms with van der Waals surface area (Å²) in [5.41, 5.74) is 7.04. The molecule has 0 saturated heterocycles. The van der Waals surface area contributed by atoms with Crippen LogP contribution in [0.15, 0.2) is 94.7 Å². The zero-order chi connectivity index (χ0) is 23.2. The molecule has 2 aliphatic rings. The minimum atomic E-state index is -0.240. The van der Waals surface area contributed by atoms with Gasteiger partial charge in [0.2, 0.25) is 0 Å². The summed E-state index contributed by atoms with van der Waals surface area (Å²) in [6, 6.07) is 24.5. The number of hydrogen-bond acceptors (Lipinski definition) is 4. The molecule has 6 rings (SSSR count). The topological polar surface area (TPSA) is 51.2 Å². The predicted molar refractivity (Wildman–Crippen MR) is 138 cm³/mol. The molecule has 0 bridgehead atoms. The van der Waals surface area contributed by atoms with Crippen LogP contribution in [0.2, 0.25) is 0 Å².